The number of amides is 1. The van der Waals surface area contributed by atoms with E-state index in [9.17, 15) is 9.18 Å². The fourth-order valence-corrected chi connectivity index (χ4v) is 1.94. The van der Waals surface area contributed by atoms with E-state index in [0.29, 0.717) is 18.0 Å². The minimum absolute atomic E-state index is 0. The zero-order valence-corrected chi connectivity index (χ0v) is 10.9. The predicted molar refractivity (Wildman–Crippen MR) is 71.1 cm³/mol. The summed E-state index contributed by atoms with van der Waals surface area (Å²) >= 11 is 0. The molecule has 2 rings (SSSR count). The molecule has 1 atom stereocenters. The van der Waals surface area contributed by atoms with E-state index < -0.39 is 0 Å². The molecule has 1 aromatic carbocycles. The number of nitrogens with two attached hydrogens (primary N) is 1. The van der Waals surface area contributed by atoms with E-state index >= 15 is 0 Å². The highest BCUT2D eigenvalue weighted by Gasteiger charge is 2.31. The largest absolute Gasteiger partial charge is 0.352 e. The van der Waals surface area contributed by atoms with Gasteiger partial charge in [-0.25, -0.2) is 4.39 Å². The molecule has 0 aromatic heterocycles. The van der Waals surface area contributed by atoms with Crippen LogP contribution in [-0.4, -0.2) is 18.5 Å². The highest BCUT2D eigenvalue weighted by Crippen LogP contribution is 2.32. The summed E-state index contributed by atoms with van der Waals surface area (Å²) < 4.78 is 13.3. The maximum Gasteiger partial charge on any atom is 0.224 e. The number of nitrogens with one attached hydrogen (secondary N) is 1. The highest BCUT2D eigenvalue weighted by atomic mass is 35.5. The van der Waals surface area contributed by atoms with Crippen LogP contribution in [0.1, 0.15) is 18.4 Å². The van der Waals surface area contributed by atoms with Gasteiger partial charge in [-0.05, 0) is 30.4 Å². The highest BCUT2D eigenvalue weighted by molar-refractivity contribution is 5.85. The van der Waals surface area contributed by atoms with Gasteiger partial charge in [-0.1, -0.05) is 18.2 Å². The number of halogens is 2. The van der Waals surface area contributed by atoms with Crippen LogP contribution in [0, 0.1) is 11.7 Å². The Morgan fingerprint density at radius 2 is 2.11 bits per heavy atom. The van der Waals surface area contributed by atoms with Gasteiger partial charge in [0.15, 0.2) is 0 Å². The van der Waals surface area contributed by atoms with E-state index in [0.717, 1.165) is 12.8 Å². The number of benzene rings is 1. The van der Waals surface area contributed by atoms with Crippen molar-refractivity contribution in [1.82, 2.24) is 5.32 Å². The molecule has 1 unspecified atom stereocenters. The van der Waals surface area contributed by atoms with E-state index in [2.05, 4.69) is 5.32 Å². The third kappa shape index (κ3) is 3.96. The fourth-order valence-electron chi connectivity index (χ4n) is 1.94. The molecular formula is C13H18ClFN2O. The third-order valence-corrected chi connectivity index (χ3v) is 3.10. The Bertz CT molecular complexity index is 410. The summed E-state index contributed by atoms with van der Waals surface area (Å²) in [6.07, 6.45) is 2.33. The topological polar surface area (TPSA) is 55.1 Å². The maximum absolute atomic E-state index is 13.3. The molecule has 5 heteroatoms. The predicted octanol–water partition coefficient (Wildman–Crippen LogP) is 1.64. The first-order valence-corrected chi connectivity index (χ1v) is 5.93. The summed E-state index contributed by atoms with van der Waals surface area (Å²) in [5.74, 6) is 0.0281. The zero-order chi connectivity index (χ0) is 12.3. The second-order valence-corrected chi connectivity index (χ2v) is 4.52. The quantitative estimate of drug-likeness (QED) is 0.856. The summed E-state index contributed by atoms with van der Waals surface area (Å²) in [6, 6.07) is 6.39. The SMILES string of the molecule is Cl.NCC(NC(=O)Cc1ccccc1F)C1CC1. The van der Waals surface area contributed by atoms with Gasteiger partial charge >= 0.3 is 0 Å². The molecule has 1 aliphatic rings. The van der Waals surface area contributed by atoms with Crippen LogP contribution in [0.3, 0.4) is 0 Å². The van der Waals surface area contributed by atoms with Gasteiger partial charge in [0.25, 0.3) is 0 Å². The maximum atomic E-state index is 13.3. The summed E-state index contributed by atoms with van der Waals surface area (Å²) in [5.41, 5.74) is 6.02. The first-order valence-electron chi connectivity index (χ1n) is 5.93. The van der Waals surface area contributed by atoms with Gasteiger partial charge < -0.3 is 11.1 Å². The van der Waals surface area contributed by atoms with E-state index in [1.165, 1.54) is 6.07 Å². The average Bonchev–Trinajstić information content (AvgIpc) is 3.13. The molecule has 1 aliphatic carbocycles. The molecule has 0 spiro atoms. The van der Waals surface area contributed by atoms with Crippen LogP contribution < -0.4 is 11.1 Å². The van der Waals surface area contributed by atoms with Gasteiger partial charge in [-0.2, -0.15) is 0 Å². The van der Waals surface area contributed by atoms with E-state index in [4.69, 9.17) is 5.73 Å². The Balaban J connectivity index is 0.00000162. The van der Waals surface area contributed by atoms with Crippen molar-refractivity contribution < 1.29 is 9.18 Å². The van der Waals surface area contributed by atoms with Gasteiger partial charge in [0, 0.05) is 12.6 Å². The molecule has 0 aliphatic heterocycles. The molecule has 3 nitrogen and oxygen atoms in total. The van der Waals surface area contributed by atoms with Crippen molar-refractivity contribution in [2.75, 3.05) is 6.54 Å². The molecule has 1 saturated carbocycles. The molecule has 18 heavy (non-hydrogen) atoms. The van der Waals surface area contributed by atoms with Gasteiger partial charge in [0.1, 0.15) is 5.82 Å². The lowest BCUT2D eigenvalue weighted by molar-refractivity contribution is -0.121. The van der Waals surface area contributed by atoms with Crippen LogP contribution in [0.15, 0.2) is 24.3 Å². The molecule has 1 fully saturated rings. The molecule has 1 amide bonds. The lowest BCUT2D eigenvalue weighted by atomic mass is 10.1. The normalized spacial score (nSPS) is 15.7. The Morgan fingerprint density at radius 1 is 1.44 bits per heavy atom. The van der Waals surface area contributed by atoms with Crippen molar-refractivity contribution in [3.63, 3.8) is 0 Å². The second kappa shape index (κ2) is 6.71. The molecule has 3 N–H and O–H groups in total. The Hall–Kier alpha value is -1.13. The van der Waals surface area contributed by atoms with Crippen molar-refractivity contribution in [3.8, 4) is 0 Å². The zero-order valence-electron chi connectivity index (χ0n) is 10.1. The van der Waals surface area contributed by atoms with Crippen LogP contribution in [0.5, 0.6) is 0 Å². The van der Waals surface area contributed by atoms with Gasteiger partial charge in [0.05, 0.1) is 6.42 Å². The fraction of sp³-hybridized carbons (Fsp3) is 0.462. The van der Waals surface area contributed by atoms with Crippen molar-refractivity contribution in [1.29, 1.82) is 0 Å². The number of rotatable bonds is 5. The molecule has 0 bridgehead atoms. The van der Waals surface area contributed by atoms with Crippen molar-refractivity contribution >= 4 is 18.3 Å². The van der Waals surface area contributed by atoms with E-state index in [1.807, 2.05) is 0 Å². The van der Waals surface area contributed by atoms with Crippen molar-refractivity contribution in [2.45, 2.75) is 25.3 Å². The van der Waals surface area contributed by atoms with E-state index in [1.54, 1.807) is 18.2 Å². The lowest BCUT2D eigenvalue weighted by Crippen LogP contribution is -2.42. The van der Waals surface area contributed by atoms with Crippen molar-refractivity contribution in [3.05, 3.63) is 35.6 Å². The van der Waals surface area contributed by atoms with Gasteiger partial charge in [-0.3, -0.25) is 4.79 Å². The summed E-state index contributed by atoms with van der Waals surface area (Å²) in [6.45, 7) is 0.452. The molecule has 0 saturated heterocycles. The monoisotopic (exact) mass is 272 g/mol. The average molecular weight is 273 g/mol. The minimum atomic E-state index is -0.335. The van der Waals surface area contributed by atoms with Gasteiger partial charge in [-0.15, -0.1) is 12.4 Å². The van der Waals surface area contributed by atoms with Crippen LogP contribution in [0.4, 0.5) is 4.39 Å². The summed E-state index contributed by atoms with van der Waals surface area (Å²) in [5, 5.41) is 2.87. The number of carbonyl (C=O) groups excluding carboxylic acids is 1. The number of hydrogen-bond donors (Lipinski definition) is 2. The molecule has 1 aromatic rings. The van der Waals surface area contributed by atoms with Gasteiger partial charge in [0.2, 0.25) is 5.91 Å². The molecule has 0 radical (unpaired) electrons. The van der Waals surface area contributed by atoms with Crippen LogP contribution in [-0.2, 0) is 11.2 Å². The second-order valence-electron chi connectivity index (χ2n) is 4.52. The Morgan fingerprint density at radius 3 is 2.67 bits per heavy atom. The number of carbonyl (C=O) groups is 1. The summed E-state index contributed by atoms with van der Waals surface area (Å²) in [7, 11) is 0. The molecular weight excluding hydrogens is 255 g/mol. The third-order valence-electron chi connectivity index (χ3n) is 3.10. The standard InChI is InChI=1S/C13H17FN2O.ClH/c14-11-4-2-1-3-10(11)7-13(17)16-12(8-15)9-5-6-9;/h1-4,9,12H,5-8,15H2,(H,16,17);1H. The minimum Gasteiger partial charge on any atom is -0.352 e. The number of hydrogen-bond acceptors (Lipinski definition) is 2. The lowest BCUT2D eigenvalue weighted by Gasteiger charge is -2.16. The molecule has 100 valence electrons. The Labute approximate surface area is 112 Å². The van der Waals surface area contributed by atoms with Crippen LogP contribution >= 0.6 is 12.4 Å². The Kier molecular flexibility index (Phi) is 5.56. The first-order chi connectivity index (χ1) is 8.20. The van der Waals surface area contributed by atoms with Crippen molar-refractivity contribution in [2.24, 2.45) is 11.7 Å². The molecule has 0 heterocycles. The van der Waals surface area contributed by atoms with E-state index in [-0.39, 0.29) is 36.6 Å². The first kappa shape index (κ1) is 14.9. The smallest absolute Gasteiger partial charge is 0.224 e. The van der Waals surface area contributed by atoms with Crippen LogP contribution in [0.25, 0.3) is 0 Å². The summed E-state index contributed by atoms with van der Waals surface area (Å²) in [4.78, 5) is 11.7. The van der Waals surface area contributed by atoms with Crippen LogP contribution in [0.2, 0.25) is 0 Å².